The maximum atomic E-state index is 13.5. The zero-order valence-electron chi connectivity index (χ0n) is 19.5. The summed E-state index contributed by atoms with van der Waals surface area (Å²) in [5.74, 6) is -0.156. The van der Waals surface area contributed by atoms with Crippen molar-refractivity contribution in [2.45, 2.75) is 71.5 Å². The molecular weight excluding hydrogens is 416 g/mol. The zero-order valence-corrected chi connectivity index (χ0v) is 19.5. The first kappa shape index (κ1) is 22.8. The highest BCUT2D eigenvalue weighted by Gasteiger charge is 2.24. The van der Waals surface area contributed by atoms with Gasteiger partial charge >= 0.3 is 0 Å². The van der Waals surface area contributed by atoms with Gasteiger partial charge in [0.15, 0.2) is 5.65 Å². The topological polar surface area (TPSA) is 104 Å². The number of aromatic nitrogens is 3. The second-order valence-electron chi connectivity index (χ2n) is 8.67. The van der Waals surface area contributed by atoms with E-state index in [9.17, 15) is 4.79 Å². The summed E-state index contributed by atoms with van der Waals surface area (Å²) in [4.78, 5) is 18.0. The van der Waals surface area contributed by atoms with Crippen molar-refractivity contribution >= 4 is 28.3 Å². The SMILES string of the molecule is CCC(NC(=O)c1cnc2c(cnn2CC)c1NC1CCC(=NO)CC1)c1ccc(C)cc1. The second kappa shape index (κ2) is 10.0. The highest BCUT2D eigenvalue weighted by Crippen LogP contribution is 2.30. The van der Waals surface area contributed by atoms with E-state index in [1.54, 1.807) is 12.4 Å². The fourth-order valence-electron chi connectivity index (χ4n) is 4.44. The Morgan fingerprint density at radius 3 is 2.58 bits per heavy atom. The lowest BCUT2D eigenvalue weighted by atomic mass is 9.93. The number of pyridine rings is 1. The number of benzene rings is 1. The molecule has 1 atom stereocenters. The van der Waals surface area contributed by atoms with Crippen molar-refractivity contribution in [2.24, 2.45) is 5.16 Å². The normalized spacial score (nSPS) is 17.1. The van der Waals surface area contributed by atoms with Gasteiger partial charge in [-0.1, -0.05) is 41.9 Å². The zero-order chi connectivity index (χ0) is 23.4. The van der Waals surface area contributed by atoms with Crippen LogP contribution in [0.15, 0.2) is 41.8 Å². The van der Waals surface area contributed by atoms with E-state index in [0.717, 1.165) is 60.1 Å². The van der Waals surface area contributed by atoms with E-state index in [-0.39, 0.29) is 18.0 Å². The number of hydrogen-bond acceptors (Lipinski definition) is 6. The average Bonchev–Trinajstić information content (AvgIpc) is 3.27. The highest BCUT2D eigenvalue weighted by molar-refractivity contribution is 6.06. The van der Waals surface area contributed by atoms with Crippen molar-refractivity contribution < 1.29 is 10.0 Å². The van der Waals surface area contributed by atoms with Crippen LogP contribution in [0.25, 0.3) is 11.0 Å². The van der Waals surface area contributed by atoms with Crippen LogP contribution in [-0.2, 0) is 6.54 Å². The minimum atomic E-state index is -0.156. The van der Waals surface area contributed by atoms with E-state index in [1.165, 1.54) is 5.56 Å². The van der Waals surface area contributed by atoms with Gasteiger partial charge in [0.1, 0.15) is 0 Å². The van der Waals surface area contributed by atoms with Gasteiger partial charge in [-0.15, -0.1) is 0 Å². The molecule has 1 aliphatic rings. The fraction of sp³-hybridized carbons (Fsp3) is 0.440. The number of rotatable bonds is 7. The van der Waals surface area contributed by atoms with Gasteiger partial charge < -0.3 is 15.8 Å². The van der Waals surface area contributed by atoms with Gasteiger partial charge in [-0.25, -0.2) is 9.67 Å². The summed E-state index contributed by atoms with van der Waals surface area (Å²) in [6.45, 7) is 6.84. The number of nitrogens with zero attached hydrogens (tertiary/aromatic N) is 4. The van der Waals surface area contributed by atoms with Crippen molar-refractivity contribution in [3.8, 4) is 0 Å². The number of hydrogen-bond donors (Lipinski definition) is 3. The Hall–Kier alpha value is -3.42. The molecule has 3 aromatic rings. The summed E-state index contributed by atoms with van der Waals surface area (Å²) in [5.41, 5.74) is 5.15. The molecule has 0 spiro atoms. The van der Waals surface area contributed by atoms with Gasteiger partial charge in [0, 0.05) is 18.8 Å². The van der Waals surface area contributed by atoms with Crippen LogP contribution in [0.4, 0.5) is 5.69 Å². The van der Waals surface area contributed by atoms with Crippen LogP contribution < -0.4 is 10.6 Å². The van der Waals surface area contributed by atoms with E-state index >= 15 is 0 Å². The maximum absolute atomic E-state index is 13.5. The summed E-state index contributed by atoms with van der Waals surface area (Å²) in [6, 6.07) is 8.36. The van der Waals surface area contributed by atoms with E-state index in [2.05, 4.69) is 64.0 Å². The molecule has 3 N–H and O–H groups in total. The molecule has 2 heterocycles. The smallest absolute Gasteiger partial charge is 0.255 e. The number of oxime groups is 1. The average molecular weight is 449 g/mol. The third-order valence-electron chi connectivity index (χ3n) is 6.46. The number of fused-ring (bicyclic) bond motifs is 1. The Balaban J connectivity index is 1.65. The van der Waals surface area contributed by atoms with Gasteiger partial charge in [-0.2, -0.15) is 5.10 Å². The van der Waals surface area contributed by atoms with E-state index in [4.69, 9.17) is 5.21 Å². The minimum absolute atomic E-state index is 0.0852. The standard InChI is InChI=1S/C25H32N6O2/c1-4-22(17-8-6-16(3)7-9-17)29-25(32)21-14-26-24-20(15-27-31(24)5-2)23(21)28-18-10-12-19(30-33)13-11-18/h6-9,14-15,18,22,33H,4-5,10-13H2,1-3H3,(H,26,28)(H,29,32). The predicted octanol–water partition coefficient (Wildman–Crippen LogP) is 4.83. The Labute approximate surface area is 194 Å². The monoisotopic (exact) mass is 448 g/mol. The molecule has 0 aliphatic heterocycles. The molecule has 1 aliphatic carbocycles. The first-order chi connectivity index (χ1) is 16.0. The molecule has 174 valence electrons. The van der Waals surface area contributed by atoms with Crippen molar-refractivity contribution in [1.29, 1.82) is 0 Å². The molecule has 1 amide bonds. The summed E-state index contributed by atoms with van der Waals surface area (Å²) in [7, 11) is 0. The molecule has 33 heavy (non-hydrogen) atoms. The lowest BCUT2D eigenvalue weighted by Gasteiger charge is -2.26. The van der Waals surface area contributed by atoms with Crippen LogP contribution in [-0.4, -0.2) is 37.6 Å². The molecule has 0 saturated heterocycles. The molecule has 1 aromatic carbocycles. The fourth-order valence-corrected chi connectivity index (χ4v) is 4.44. The molecule has 2 aromatic heterocycles. The largest absolute Gasteiger partial charge is 0.411 e. The number of aryl methyl sites for hydroxylation is 2. The van der Waals surface area contributed by atoms with Gasteiger partial charge in [-0.3, -0.25) is 4.79 Å². The van der Waals surface area contributed by atoms with Crippen LogP contribution in [0.1, 0.15) is 73.5 Å². The molecule has 8 heteroatoms. The van der Waals surface area contributed by atoms with Crippen molar-refractivity contribution in [1.82, 2.24) is 20.1 Å². The molecule has 1 fully saturated rings. The van der Waals surface area contributed by atoms with Crippen molar-refractivity contribution in [2.75, 3.05) is 5.32 Å². The van der Waals surface area contributed by atoms with Crippen molar-refractivity contribution in [3.63, 3.8) is 0 Å². The molecular formula is C25H32N6O2. The highest BCUT2D eigenvalue weighted by atomic mass is 16.4. The second-order valence-corrected chi connectivity index (χ2v) is 8.67. The quantitative estimate of drug-likeness (QED) is 0.355. The minimum Gasteiger partial charge on any atom is -0.411 e. The lowest BCUT2D eigenvalue weighted by Crippen LogP contribution is -2.31. The molecule has 1 saturated carbocycles. The van der Waals surface area contributed by atoms with E-state index in [0.29, 0.717) is 12.1 Å². The Kier molecular flexibility index (Phi) is 6.91. The van der Waals surface area contributed by atoms with Crippen LogP contribution in [0, 0.1) is 6.92 Å². The summed E-state index contributed by atoms with van der Waals surface area (Å²) < 4.78 is 1.83. The molecule has 4 rings (SSSR count). The first-order valence-corrected chi connectivity index (χ1v) is 11.7. The van der Waals surface area contributed by atoms with Crippen LogP contribution in [0.5, 0.6) is 0 Å². The van der Waals surface area contributed by atoms with Gasteiger partial charge in [-0.05, 0) is 51.5 Å². The van der Waals surface area contributed by atoms with Crippen molar-refractivity contribution in [3.05, 3.63) is 53.3 Å². The van der Waals surface area contributed by atoms with Crippen LogP contribution in [0.2, 0.25) is 0 Å². The van der Waals surface area contributed by atoms with Crippen LogP contribution in [0.3, 0.4) is 0 Å². The molecule has 1 unspecified atom stereocenters. The summed E-state index contributed by atoms with van der Waals surface area (Å²) in [5, 5.41) is 24.5. The predicted molar refractivity (Wildman–Crippen MR) is 130 cm³/mol. The van der Waals surface area contributed by atoms with Crippen LogP contribution >= 0.6 is 0 Å². The van der Waals surface area contributed by atoms with Gasteiger partial charge in [0.2, 0.25) is 0 Å². The Morgan fingerprint density at radius 2 is 1.94 bits per heavy atom. The molecule has 8 nitrogen and oxygen atoms in total. The maximum Gasteiger partial charge on any atom is 0.255 e. The summed E-state index contributed by atoms with van der Waals surface area (Å²) in [6.07, 6.45) is 7.38. The Bertz CT molecular complexity index is 1140. The van der Waals surface area contributed by atoms with E-state index < -0.39 is 0 Å². The third-order valence-corrected chi connectivity index (χ3v) is 6.46. The number of carbonyl (C=O) groups is 1. The van der Waals surface area contributed by atoms with Gasteiger partial charge in [0.05, 0.1) is 34.6 Å². The molecule has 0 radical (unpaired) electrons. The van der Waals surface area contributed by atoms with Gasteiger partial charge in [0.25, 0.3) is 5.91 Å². The number of carbonyl (C=O) groups excluding carboxylic acids is 1. The first-order valence-electron chi connectivity index (χ1n) is 11.7. The number of anilines is 1. The Morgan fingerprint density at radius 1 is 1.21 bits per heavy atom. The lowest BCUT2D eigenvalue weighted by molar-refractivity contribution is 0.0936. The number of nitrogens with one attached hydrogen (secondary N) is 2. The number of amides is 1. The summed E-state index contributed by atoms with van der Waals surface area (Å²) >= 11 is 0. The van der Waals surface area contributed by atoms with E-state index in [1.807, 2.05) is 11.6 Å². The molecule has 0 bridgehead atoms. The third kappa shape index (κ3) is 4.84.